The summed E-state index contributed by atoms with van der Waals surface area (Å²) in [6.07, 6.45) is 4.99. The van der Waals surface area contributed by atoms with Crippen molar-refractivity contribution in [2.45, 2.75) is 20.4 Å². The number of nitrogens with one attached hydrogen (secondary N) is 2. The molecule has 7 heteroatoms. The van der Waals surface area contributed by atoms with Crippen LogP contribution in [0.2, 0.25) is 0 Å². The number of aromatic nitrogens is 2. The third kappa shape index (κ3) is 3.75. The first-order valence-corrected chi connectivity index (χ1v) is 7.90. The zero-order chi connectivity index (χ0) is 16.2. The number of urea groups is 1. The summed E-state index contributed by atoms with van der Waals surface area (Å²) in [5, 5.41) is 6.12. The van der Waals surface area contributed by atoms with Crippen LogP contribution in [0, 0.1) is 13.8 Å². The highest BCUT2D eigenvalue weighted by Gasteiger charge is 2.08. The lowest BCUT2D eigenvalue weighted by Gasteiger charge is -2.06. The molecule has 2 N–H and O–H groups in total. The fourth-order valence-corrected chi connectivity index (χ4v) is 2.77. The van der Waals surface area contributed by atoms with E-state index in [-0.39, 0.29) is 6.03 Å². The van der Waals surface area contributed by atoms with Crippen LogP contribution in [-0.2, 0) is 6.54 Å². The minimum atomic E-state index is -0.280. The second-order valence-corrected chi connectivity index (χ2v) is 6.24. The van der Waals surface area contributed by atoms with Crippen molar-refractivity contribution in [2.75, 3.05) is 5.32 Å². The summed E-state index contributed by atoms with van der Waals surface area (Å²) < 4.78 is 5.03. The predicted molar refractivity (Wildman–Crippen MR) is 89.4 cm³/mol. The van der Waals surface area contributed by atoms with Gasteiger partial charge < -0.3 is 9.73 Å². The summed E-state index contributed by atoms with van der Waals surface area (Å²) in [5.74, 6) is 0. The maximum absolute atomic E-state index is 11.9. The molecule has 6 nitrogen and oxygen atoms in total. The molecule has 0 aliphatic carbocycles. The van der Waals surface area contributed by atoms with Gasteiger partial charge in [0.15, 0.2) is 5.13 Å². The van der Waals surface area contributed by atoms with Crippen LogP contribution in [0.3, 0.4) is 0 Å². The van der Waals surface area contributed by atoms with E-state index in [1.807, 2.05) is 32.0 Å². The van der Waals surface area contributed by atoms with Gasteiger partial charge in [-0.15, -0.1) is 11.3 Å². The molecule has 0 radical (unpaired) electrons. The molecule has 0 aliphatic heterocycles. The first kappa shape index (κ1) is 15.2. The van der Waals surface area contributed by atoms with E-state index in [4.69, 9.17) is 4.42 Å². The Morgan fingerprint density at radius 2 is 2.17 bits per heavy atom. The van der Waals surface area contributed by atoms with Gasteiger partial charge in [-0.2, -0.15) is 0 Å². The number of carbonyl (C=O) groups excluding carboxylic acids is 1. The van der Waals surface area contributed by atoms with Crippen LogP contribution >= 0.6 is 11.3 Å². The lowest BCUT2D eigenvalue weighted by Crippen LogP contribution is -2.28. The molecule has 3 aromatic heterocycles. The second-order valence-electron chi connectivity index (χ2n) is 5.03. The zero-order valence-corrected chi connectivity index (χ0v) is 13.6. The van der Waals surface area contributed by atoms with E-state index in [1.165, 1.54) is 11.3 Å². The van der Waals surface area contributed by atoms with Crippen LogP contribution in [0.15, 0.2) is 41.3 Å². The summed E-state index contributed by atoms with van der Waals surface area (Å²) in [7, 11) is 0. The predicted octanol–water partition coefficient (Wildman–Crippen LogP) is 3.74. The first-order valence-electron chi connectivity index (χ1n) is 7.08. The van der Waals surface area contributed by atoms with Crippen molar-refractivity contribution in [3.63, 3.8) is 0 Å². The SMILES string of the molecule is Cc1nc(NC(=O)NCc2ccc(-c3ccoc3)nc2)sc1C. The number of hydrogen-bond donors (Lipinski definition) is 2. The zero-order valence-electron chi connectivity index (χ0n) is 12.8. The highest BCUT2D eigenvalue weighted by Crippen LogP contribution is 2.21. The van der Waals surface area contributed by atoms with Gasteiger partial charge in [0.25, 0.3) is 0 Å². The maximum atomic E-state index is 11.9. The van der Waals surface area contributed by atoms with Crippen LogP contribution in [0.4, 0.5) is 9.93 Å². The Bertz CT molecular complexity index is 775. The van der Waals surface area contributed by atoms with Gasteiger partial charge in [0.05, 0.1) is 23.9 Å². The average Bonchev–Trinajstić information content (AvgIpc) is 3.17. The number of thiazole rings is 1. The lowest BCUT2D eigenvalue weighted by atomic mass is 10.2. The lowest BCUT2D eigenvalue weighted by molar-refractivity contribution is 0.251. The van der Waals surface area contributed by atoms with Gasteiger partial charge in [-0.1, -0.05) is 6.07 Å². The molecule has 3 aromatic rings. The van der Waals surface area contributed by atoms with E-state index in [0.29, 0.717) is 11.7 Å². The molecule has 0 atom stereocenters. The minimum Gasteiger partial charge on any atom is -0.472 e. The molecule has 0 aliphatic rings. The second kappa shape index (κ2) is 6.62. The summed E-state index contributed by atoms with van der Waals surface area (Å²) in [5.41, 5.74) is 3.61. The van der Waals surface area contributed by atoms with E-state index in [1.54, 1.807) is 18.7 Å². The van der Waals surface area contributed by atoms with Crippen LogP contribution in [0.25, 0.3) is 11.3 Å². The van der Waals surface area contributed by atoms with Gasteiger partial charge in [-0.05, 0) is 31.5 Å². The van der Waals surface area contributed by atoms with Crippen molar-refractivity contribution in [3.8, 4) is 11.3 Å². The number of aryl methyl sites for hydroxylation is 2. The third-order valence-corrected chi connectivity index (χ3v) is 4.33. The van der Waals surface area contributed by atoms with E-state index >= 15 is 0 Å². The van der Waals surface area contributed by atoms with Crippen molar-refractivity contribution in [2.24, 2.45) is 0 Å². The van der Waals surface area contributed by atoms with Crippen molar-refractivity contribution >= 4 is 22.5 Å². The Morgan fingerprint density at radius 1 is 1.30 bits per heavy atom. The van der Waals surface area contributed by atoms with Crippen LogP contribution in [0.1, 0.15) is 16.1 Å². The van der Waals surface area contributed by atoms with E-state index in [9.17, 15) is 4.79 Å². The van der Waals surface area contributed by atoms with Crippen molar-refractivity contribution in [1.29, 1.82) is 0 Å². The molecule has 0 fully saturated rings. The molecule has 0 saturated carbocycles. The number of amides is 2. The van der Waals surface area contributed by atoms with Gasteiger partial charge in [0.1, 0.15) is 0 Å². The van der Waals surface area contributed by atoms with Gasteiger partial charge >= 0.3 is 6.03 Å². The smallest absolute Gasteiger partial charge is 0.321 e. The normalized spacial score (nSPS) is 10.5. The van der Waals surface area contributed by atoms with Crippen molar-refractivity contribution < 1.29 is 9.21 Å². The molecule has 0 unspecified atom stereocenters. The fraction of sp³-hybridized carbons (Fsp3) is 0.188. The Kier molecular flexibility index (Phi) is 4.38. The highest BCUT2D eigenvalue weighted by atomic mass is 32.1. The number of pyridine rings is 1. The summed E-state index contributed by atoms with van der Waals surface area (Å²) in [6.45, 7) is 4.29. The average molecular weight is 328 g/mol. The Labute approximate surface area is 137 Å². The molecule has 0 aromatic carbocycles. The topological polar surface area (TPSA) is 80.0 Å². The molecule has 23 heavy (non-hydrogen) atoms. The van der Waals surface area contributed by atoms with Gasteiger partial charge in [-0.25, -0.2) is 9.78 Å². The van der Waals surface area contributed by atoms with Crippen molar-refractivity contribution in [3.05, 3.63) is 53.1 Å². The molecule has 118 valence electrons. The van der Waals surface area contributed by atoms with Crippen molar-refractivity contribution in [1.82, 2.24) is 15.3 Å². The number of anilines is 1. The minimum absolute atomic E-state index is 0.280. The molecule has 0 spiro atoms. The third-order valence-electron chi connectivity index (χ3n) is 3.34. The summed E-state index contributed by atoms with van der Waals surface area (Å²) in [6, 6.07) is 5.39. The Morgan fingerprint density at radius 3 is 2.78 bits per heavy atom. The molecular weight excluding hydrogens is 312 g/mol. The monoisotopic (exact) mass is 328 g/mol. The van der Waals surface area contributed by atoms with Crippen LogP contribution in [0.5, 0.6) is 0 Å². The number of furan rings is 1. The molecular formula is C16H16N4O2S. The molecule has 3 rings (SSSR count). The van der Waals surface area contributed by atoms with Crippen LogP contribution < -0.4 is 10.6 Å². The first-order chi connectivity index (χ1) is 11.1. The number of hydrogen-bond acceptors (Lipinski definition) is 5. The summed E-state index contributed by atoms with van der Waals surface area (Å²) in [4.78, 5) is 21.6. The Balaban J connectivity index is 1.54. The Hall–Kier alpha value is -2.67. The van der Waals surface area contributed by atoms with Crippen LogP contribution in [-0.4, -0.2) is 16.0 Å². The van der Waals surface area contributed by atoms with Gasteiger partial charge in [0, 0.05) is 23.2 Å². The van der Waals surface area contributed by atoms with Gasteiger partial charge in [-0.3, -0.25) is 10.3 Å². The largest absolute Gasteiger partial charge is 0.472 e. The van der Waals surface area contributed by atoms with E-state index < -0.39 is 0 Å². The molecule has 0 saturated heterocycles. The van der Waals surface area contributed by atoms with E-state index in [0.717, 1.165) is 27.4 Å². The van der Waals surface area contributed by atoms with E-state index in [2.05, 4.69) is 20.6 Å². The molecule has 3 heterocycles. The number of carbonyl (C=O) groups is 1. The quantitative estimate of drug-likeness (QED) is 0.764. The molecule has 0 bridgehead atoms. The van der Waals surface area contributed by atoms with Gasteiger partial charge in [0.2, 0.25) is 0 Å². The molecule has 2 amide bonds. The standard InChI is InChI=1S/C16H16N4O2S/c1-10-11(2)23-16(19-10)20-15(21)18-8-12-3-4-14(17-7-12)13-5-6-22-9-13/h3-7,9H,8H2,1-2H3,(H2,18,19,20,21). The highest BCUT2D eigenvalue weighted by molar-refractivity contribution is 7.15. The summed E-state index contributed by atoms with van der Waals surface area (Å²) >= 11 is 1.46. The fourth-order valence-electron chi connectivity index (χ4n) is 1.96. The maximum Gasteiger partial charge on any atom is 0.321 e. The number of rotatable bonds is 4. The number of nitrogens with zero attached hydrogens (tertiary/aromatic N) is 2.